The van der Waals surface area contributed by atoms with E-state index in [1.165, 1.54) is 33.1 Å². The van der Waals surface area contributed by atoms with Crippen LogP contribution in [0.2, 0.25) is 0 Å². The largest absolute Gasteiger partial charge is 0.360 e. The summed E-state index contributed by atoms with van der Waals surface area (Å²) in [5.74, 6) is 0. The van der Waals surface area contributed by atoms with E-state index in [4.69, 9.17) is 12.2 Å². The highest BCUT2D eigenvalue weighted by Gasteiger charge is 2.23. The van der Waals surface area contributed by atoms with Gasteiger partial charge in [-0.15, -0.1) is 11.3 Å². The molecule has 1 fully saturated rings. The highest BCUT2D eigenvalue weighted by molar-refractivity contribution is 7.73. The predicted octanol–water partition coefficient (Wildman–Crippen LogP) is 3.32. The van der Waals surface area contributed by atoms with Crippen molar-refractivity contribution in [3.05, 3.63) is 61.6 Å². The van der Waals surface area contributed by atoms with Crippen molar-refractivity contribution in [1.29, 1.82) is 0 Å². The number of fused-ring (bicyclic) bond motifs is 1. The molecule has 1 N–H and O–H groups in total. The summed E-state index contributed by atoms with van der Waals surface area (Å²) in [4.78, 5) is 14.6. The molecule has 28 heavy (non-hydrogen) atoms. The minimum absolute atomic E-state index is 0.116. The van der Waals surface area contributed by atoms with Gasteiger partial charge in [-0.05, 0) is 49.3 Å². The number of hydrogen-bond donors (Lipinski definition) is 1. The summed E-state index contributed by atoms with van der Waals surface area (Å²) in [6, 6.07) is 11.5. The summed E-state index contributed by atoms with van der Waals surface area (Å²) in [5.41, 5.74) is 5.13. The van der Waals surface area contributed by atoms with Crippen LogP contribution in [0.3, 0.4) is 0 Å². The van der Waals surface area contributed by atoms with Crippen molar-refractivity contribution in [3.8, 4) is 0 Å². The van der Waals surface area contributed by atoms with Crippen LogP contribution < -0.4 is 9.80 Å². The average molecular weight is 416 g/mol. The van der Waals surface area contributed by atoms with Gasteiger partial charge in [0.15, 0.2) is 10.6 Å². The Morgan fingerprint density at radius 1 is 1.21 bits per heavy atom. The zero-order valence-corrected chi connectivity index (χ0v) is 17.6. The Labute approximate surface area is 172 Å². The number of anilines is 1. The van der Waals surface area contributed by atoms with Crippen molar-refractivity contribution in [3.63, 3.8) is 0 Å². The van der Waals surface area contributed by atoms with Gasteiger partial charge in [0.1, 0.15) is 0 Å². The van der Waals surface area contributed by atoms with Crippen LogP contribution in [0.5, 0.6) is 0 Å². The number of quaternary nitrogens is 1. The second-order valence-electron chi connectivity index (χ2n) is 7.32. The molecule has 0 spiro atoms. The molecule has 1 aromatic heterocycles. The number of hydrogen-bond acceptors (Lipinski definition) is 5. The Kier molecular flexibility index (Phi) is 5.18. The van der Waals surface area contributed by atoms with Crippen molar-refractivity contribution >= 4 is 45.1 Å². The molecule has 0 atom stereocenters. The van der Waals surface area contributed by atoms with Crippen LogP contribution in [0.4, 0.5) is 11.4 Å². The van der Waals surface area contributed by atoms with Gasteiger partial charge in [0.05, 0.1) is 41.3 Å². The number of aromatic nitrogens is 1. The molecule has 6 nitrogen and oxygen atoms in total. The maximum Gasteiger partial charge on any atom is 0.270 e. The number of nitro groups is 1. The fourth-order valence-corrected chi connectivity index (χ4v) is 5.20. The van der Waals surface area contributed by atoms with Crippen LogP contribution >= 0.6 is 23.6 Å². The van der Waals surface area contributed by atoms with Crippen LogP contribution in [-0.2, 0) is 6.67 Å². The lowest BCUT2D eigenvalue weighted by Gasteiger charge is -2.34. The normalized spacial score (nSPS) is 15.3. The van der Waals surface area contributed by atoms with E-state index in [2.05, 4.69) is 41.5 Å². The lowest BCUT2D eigenvalue weighted by Crippen LogP contribution is -3.14. The number of aryl methyl sites for hydroxylation is 1. The molecular weight excluding hydrogens is 392 g/mol. The summed E-state index contributed by atoms with van der Waals surface area (Å²) in [6.45, 7) is 9.27. The molecule has 4 rings (SSSR count). The van der Waals surface area contributed by atoms with E-state index < -0.39 is 0 Å². The molecule has 0 saturated carbocycles. The summed E-state index contributed by atoms with van der Waals surface area (Å²) in [5, 5.41) is 11.0. The van der Waals surface area contributed by atoms with Crippen molar-refractivity contribution in [1.82, 2.24) is 4.57 Å². The van der Waals surface area contributed by atoms with E-state index in [1.807, 2.05) is 6.07 Å². The molecule has 2 heterocycles. The van der Waals surface area contributed by atoms with Crippen molar-refractivity contribution < 1.29 is 9.82 Å². The van der Waals surface area contributed by atoms with Crippen LogP contribution in [0.15, 0.2) is 36.4 Å². The van der Waals surface area contributed by atoms with Crippen LogP contribution in [0.1, 0.15) is 11.1 Å². The van der Waals surface area contributed by atoms with Crippen LogP contribution in [0, 0.1) is 27.9 Å². The van der Waals surface area contributed by atoms with E-state index >= 15 is 0 Å². The lowest BCUT2D eigenvalue weighted by molar-refractivity contribution is -0.923. The summed E-state index contributed by atoms with van der Waals surface area (Å²) in [7, 11) is 0. The molecular formula is C20H23N4O2S2+. The van der Waals surface area contributed by atoms with Gasteiger partial charge in [0.2, 0.25) is 0 Å². The number of nitrogens with one attached hydrogen (secondary N) is 1. The van der Waals surface area contributed by atoms with E-state index in [1.54, 1.807) is 12.1 Å². The zero-order valence-electron chi connectivity index (χ0n) is 16.0. The Bertz CT molecular complexity index is 1100. The first-order valence-electron chi connectivity index (χ1n) is 9.36. The highest BCUT2D eigenvalue weighted by Crippen LogP contribution is 2.27. The van der Waals surface area contributed by atoms with Gasteiger partial charge in [-0.2, -0.15) is 0 Å². The number of rotatable bonds is 4. The van der Waals surface area contributed by atoms with Crippen LogP contribution in [0.25, 0.3) is 10.2 Å². The summed E-state index contributed by atoms with van der Waals surface area (Å²) in [6.07, 6.45) is 0. The number of nitro benzene ring substituents is 1. The molecule has 0 amide bonds. The summed E-state index contributed by atoms with van der Waals surface area (Å²) >= 11 is 7.00. The van der Waals surface area contributed by atoms with E-state index in [0.717, 1.165) is 47.0 Å². The molecule has 2 aromatic carbocycles. The van der Waals surface area contributed by atoms with Gasteiger partial charge < -0.3 is 9.80 Å². The first-order chi connectivity index (χ1) is 13.4. The van der Waals surface area contributed by atoms with Gasteiger partial charge >= 0.3 is 0 Å². The molecule has 1 saturated heterocycles. The quantitative estimate of drug-likeness (QED) is 0.404. The van der Waals surface area contributed by atoms with Crippen molar-refractivity contribution in [2.45, 2.75) is 20.5 Å². The fourth-order valence-electron chi connectivity index (χ4n) is 3.84. The second-order valence-corrected chi connectivity index (χ2v) is 9.00. The maximum absolute atomic E-state index is 11.0. The Morgan fingerprint density at radius 2 is 1.96 bits per heavy atom. The number of thiazole rings is 1. The monoisotopic (exact) mass is 415 g/mol. The predicted molar refractivity (Wildman–Crippen MR) is 116 cm³/mol. The third-order valence-electron chi connectivity index (χ3n) is 5.63. The standard InChI is InChI=1S/C20H22N4O2S2/c1-14-4-3-5-17(15(14)2)22-10-8-21(9-11-22)13-23-18-7-6-16(24(25)26)12-19(18)28-20(23)27/h3-7,12H,8-11,13H2,1-2H3/p+1. The summed E-state index contributed by atoms with van der Waals surface area (Å²) < 4.78 is 3.79. The highest BCUT2D eigenvalue weighted by atomic mass is 32.1. The first-order valence-corrected chi connectivity index (χ1v) is 10.6. The van der Waals surface area contributed by atoms with E-state index in [-0.39, 0.29) is 10.6 Å². The van der Waals surface area contributed by atoms with E-state index in [9.17, 15) is 10.1 Å². The SMILES string of the molecule is Cc1cccc(N2CC[NH+](Cn3c(=S)sc4cc([N+](=O)[O-])ccc43)CC2)c1C. The van der Waals surface area contributed by atoms with Gasteiger partial charge in [-0.25, -0.2) is 0 Å². The Hall–Kier alpha value is -2.29. The van der Waals surface area contributed by atoms with Gasteiger partial charge in [0.25, 0.3) is 5.69 Å². The molecule has 0 bridgehead atoms. The molecule has 8 heteroatoms. The average Bonchev–Trinajstić information content (AvgIpc) is 2.99. The topological polar surface area (TPSA) is 55.8 Å². The minimum Gasteiger partial charge on any atom is -0.360 e. The molecule has 0 aliphatic carbocycles. The minimum atomic E-state index is -0.357. The van der Waals surface area contributed by atoms with Crippen LogP contribution in [-0.4, -0.2) is 35.7 Å². The number of benzene rings is 2. The third kappa shape index (κ3) is 3.55. The number of piperazine rings is 1. The Balaban J connectivity index is 1.49. The molecule has 3 aromatic rings. The Morgan fingerprint density at radius 3 is 2.68 bits per heavy atom. The molecule has 146 valence electrons. The smallest absolute Gasteiger partial charge is 0.270 e. The van der Waals surface area contributed by atoms with E-state index in [0.29, 0.717) is 0 Å². The van der Waals surface area contributed by atoms with Crippen molar-refractivity contribution in [2.24, 2.45) is 0 Å². The van der Waals surface area contributed by atoms with Crippen molar-refractivity contribution in [2.75, 3.05) is 31.1 Å². The number of non-ortho nitro benzene ring substituents is 1. The maximum atomic E-state index is 11.0. The lowest BCUT2D eigenvalue weighted by atomic mass is 10.1. The second kappa shape index (κ2) is 7.62. The molecule has 0 radical (unpaired) electrons. The first kappa shape index (κ1) is 19.0. The van der Waals surface area contributed by atoms with Gasteiger partial charge in [-0.1, -0.05) is 12.1 Å². The number of nitrogens with zero attached hydrogens (tertiary/aromatic N) is 3. The fraction of sp³-hybridized carbons (Fsp3) is 0.350. The molecule has 1 aliphatic rings. The van der Waals surface area contributed by atoms with Gasteiger partial charge in [0, 0.05) is 17.8 Å². The molecule has 1 aliphatic heterocycles. The molecule has 0 unspecified atom stereocenters. The zero-order chi connectivity index (χ0) is 19.8. The van der Waals surface area contributed by atoms with Gasteiger partial charge in [-0.3, -0.25) is 14.7 Å². The third-order valence-corrected chi connectivity index (χ3v) is 7.04.